The molecule has 12 heavy (non-hydrogen) atoms. The van der Waals surface area contributed by atoms with Gasteiger partial charge in [0, 0.05) is 11.8 Å². The van der Waals surface area contributed by atoms with Gasteiger partial charge in [0.2, 0.25) is 0 Å². The van der Waals surface area contributed by atoms with Gasteiger partial charge in [-0.15, -0.1) is 0 Å². The van der Waals surface area contributed by atoms with Crippen molar-refractivity contribution in [2.24, 2.45) is 0 Å². The average molecular weight is 183 g/mol. The van der Waals surface area contributed by atoms with E-state index in [1.165, 1.54) is 0 Å². The van der Waals surface area contributed by atoms with Crippen LogP contribution in [0.2, 0.25) is 0 Å². The molecule has 1 rings (SSSR count). The highest BCUT2D eigenvalue weighted by Crippen LogP contribution is 2.10. The molecule has 1 heterocycles. The van der Waals surface area contributed by atoms with Gasteiger partial charge in [0.15, 0.2) is 0 Å². The molecular weight excluding hydrogens is 170 g/mol. The van der Waals surface area contributed by atoms with Crippen LogP contribution in [-0.2, 0) is 5.75 Å². The van der Waals surface area contributed by atoms with Crippen molar-refractivity contribution < 1.29 is 0 Å². The highest BCUT2D eigenvalue weighted by Gasteiger charge is 1.99. The summed E-state index contributed by atoms with van der Waals surface area (Å²) in [5, 5.41) is 0. The molecule has 0 unspecified atom stereocenters. The van der Waals surface area contributed by atoms with E-state index in [0.29, 0.717) is 5.82 Å². The van der Waals surface area contributed by atoms with Gasteiger partial charge < -0.3 is 5.73 Å². The lowest BCUT2D eigenvalue weighted by molar-refractivity contribution is 1.02. The van der Waals surface area contributed by atoms with Gasteiger partial charge >= 0.3 is 0 Å². The number of anilines is 1. The first-order valence-corrected chi connectivity index (χ1v) is 5.05. The lowest BCUT2D eigenvalue weighted by atomic mass is 10.3. The van der Waals surface area contributed by atoms with E-state index in [0.717, 1.165) is 22.9 Å². The maximum Gasteiger partial charge on any atom is 0.140 e. The Labute approximate surface area is 76.8 Å². The number of hydrogen-bond donors (Lipinski definition) is 1. The summed E-state index contributed by atoms with van der Waals surface area (Å²) in [5.41, 5.74) is 6.58. The Kier molecular flexibility index (Phi) is 3.34. The predicted molar refractivity (Wildman–Crippen MR) is 53.0 cm³/mol. The summed E-state index contributed by atoms with van der Waals surface area (Å²) < 4.78 is 0. The summed E-state index contributed by atoms with van der Waals surface area (Å²) in [7, 11) is 0. The number of aryl methyl sites for hydroxylation is 1. The maximum atomic E-state index is 5.63. The molecule has 0 spiro atoms. The molecule has 0 bridgehead atoms. The van der Waals surface area contributed by atoms with E-state index in [-0.39, 0.29) is 0 Å². The Morgan fingerprint density at radius 1 is 1.58 bits per heavy atom. The molecule has 2 N–H and O–H groups in total. The highest BCUT2D eigenvalue weighted by molar-refractivity contribution is 7.98. The number of nitrogens with two attached hydrogens (primary N) is 1. The van der Waals surface area contributed by atoms with Crippen LogP contribution >= 0.6 is 11.8 Å². The monoisotopic (exact) mass is 183 g/mol. The smallest absolute Gasteiger partial charge is 0.140 e. The minimum absolute atomic E-state index is 0.594. The first-order chi connectivity index (χ1) is 5.74. The second kappa shape index (κ2) is 4.30. The molecule has 0 radical (unpaired) electrons. The van der Waals surface area contributed by atoms with E-state index in [9.17, 15) is 0 Å². The van der Waals surface area contributed by atoms with Crippen LogP contribution in [0.25, 0.3) is 0 Å². The van der Waals surface area contributed by atoms with Crippen molar-refractivity contribution in [1.82, 2.24) is 9.97 Å². The van der Waals surface area contributed by atoms with Gasteiger partial charge in [-0.1, -0.05) is 6.92 Å². The van der Waals surface area contributed by atoms with E-state index < -0.39 is 0 Å². The maximum absolute atomic E-state index is 5.63. The fraction of sp³-hybridized carbons (Fsp3) is 0.500. The van der Waals surface area contributed by atoms with Crippen molar-refractivity contribution in [1.29, 1.82) is 0 Å². The molecule has 0 fully saturated rings. The summed E-state index contributed by atoms with van der Waals surface area (Å²) in [5.74, 6) is 3.35. The molecule has 0 saturated heterocycles. The number of nitrogen functional groups attached to an aromatic ring is 1. The fourth-order valence-electron chi connectivity index (χ4n) is 0.756. The summed E-state index contributed by atoms with van der Waals surface area (Å²) >= 11 is 1.80. The van der Waals surface area contributed by atoms with Gasteiger partial charge in [-0.25, -0.2) is 9.97 Å². The first-order valence-electron chi connectivity index (χ1n) is 3.89. The van der Waals surface area contributed by atoms with Crippen molar-refractivity contribution in [2.75, 3.05) is 11.5 Å². The molecule has 66 valence electrons. The lowest BCUT2D eigenvalue weighted by Gasteiger charge is -2.01. The largest absolute Gasteiger partial charge is 0.383 e. The van der Waals surface area contributed by atoms with Gasteiger partial charge in [0.05, 0.1) is 5.75 Å². The van der Waals surface area contributed by atoms with Gasteiger partial charge in [0.25, 0.3) is 0 Å². The summed E-state index contributed by atoms with van der Waals surface area (Å²) in [6.07, 6.45) is 1.77. The molecule has 0 aliphatic rings. The third kappa shape index (κ3) is 2.37. The standard InChI is InChI=1S/C8H13N3S/c1-3-12-5-7-10-4-6(2)8(9)11-7/h4H,3,5H2,1-2H3,(H2,9,10,11). The zero-order valence-corrected chi connectivity index (χ0v) is 8.19. The lowest BCUT2D eigenvalue weighted by Crippen LogP contribution is -2.00. The Morgan fingerprint density at radius 2 is 2.33 bits per heavy atom. The number of nitrogens with zero attached hydrogens (tertiary/aromatic N) is 2. The van der Waals surface area contributed by atoms with E-state index in [2.05, 4.69) is 16.9 Å². The van der Waals surface area contributed by atoms with Crippen molar-refractivity contribution in [3.05, 3.63) is 17.6 Å². The SMILES string of the molecule is CCSCc1ncc(C)c(N)n1. The molecular formula is C8H13N3S. The first kappa shape index (κ1) is 9.32. The minimum Gasteiger partial charge on any atom is -0.383 e. The summed E-state index contributed by atoms with van der Waals surface area (Å²) in [4.78, 5) is 8.32. The molecule has 0 atom stereocenters. The van der Waals surface area contributed by atoms with Crippen molar-refractivity contribution in [3.8, 4) is 0 Å². The van der Waals surface area contributed by atoms with Crippen molar-refractivity contribution >= 4 is 17.6 Å². The number of thioether (sulfide) groups is 1. The van der Waals surface area contributed by atoms with Crippen LogP contribution < -0.4 is 5.73 Å². The molecule has 0 saturated carbocycles. The Hall–Kier alpha value is -0.770. The normalized spacial score (nSPS) is 10.2. The van der Waals surface area contributed by atoms with Crippen LogP contribution in [0.1, 0.15) is 18.3 Å². The topological polar surface area (TPSA) is 51.8 Å². The summed E-state index contributed by atoms with van der Waals surface area (Å²) in [6.45, 7) is 4.02. The van der Waals surface area contributed by atoms with E-state index >= 15 is 0 Å². The second-order valence-corrected chi connectivity index (χ2v) is 3.77. The Morgan fingerprint density at radius 3 is 2.92 bits per heavy atom. The molecule has 3 nitrogen and oxygen atoms in total. The van der Waals surface area contributed by atoms with E-state index in [1.54, 1.807) is 18.0 Å². The molecule has 0 amide bonds. The second-order valence-electron chi connectivity index (χ2n) is 2.49. The van der Waals surface area contributed by atoms with E-state index in [4.69, 9.17) is 5.73 Å². The fourth-order valence-corrected chi connectivity index (χ4v) is 1.28. The van der Waals surface area contributed by atoms with Crippen molar-refractivity contribution in [2.45, 2.75) is 19.6 Å². The molecule has 0 aromatic carbocycles. The van der Waals surface area contributed by atoms with Crippen LogP contribution in [-0.4, -0.2) is 15.7 Å². The van der Waals surface area contributed by atoms with Gasteiger partial charge in [0.1, 0.15) is 11.6 Å². The molecule has 4 heteroatoms. The third-order valence-electron chi connectivity index (χ3n) is 1.50. The van der Waals surface area contributed by atoms with Crippen LogP contribution in [0.15, 0.2) is 6.20 Å². The third-order valence-corrected chi connectivity index (χ3v) is 2.37. The van der Waals surface area contributed by atoms with E-state index in [1.807, 2.05) is 6.92 Å². The minimum atomic E-state index is 0.594. The number of aromatic nitrogens is 2. The zero-order valence-electron chi connectivity index (χ0n) is 7.37. The zero-order chi connectivity index (χ0) is 8.97. The molecule has 1 aromatic heterocycles. The number of hydrogen-bond acceptors (Lipinski definition) is 4. The van der Waals surface area contributed by atoms with Gasteiger partial charge in [-0.2, -0.15) is 11.8 Å². The predicted octanol–water partition coefficient (Wildman–Crippen LogP) is 1.62. The number of rotatable bonds is 3. The Balaban J connectivity index is 2.69. The van der Waals surface area contributed by atoms with Crippen LogP contribution in [0.5, 0.6) is 0 Å². The van der Waals surface area contributed by atoms with Crippen LogP contribution in [0.3, 0.4) is 0 Å². The summed E-state index contributed by atoms with van der Waals surface area (Å²) in [6, 6.07) is 0. The average Bonchev–Trinajstić information content (AvgIpc) is 2.07. The van der Waals surface area contributed by atoms with Crippen LogP contribution in [0.4, 0.5) is 5.82 Å². The van der Waals surface area contributed by atoms with Crippen molar-refractivity contribution in [3.63, 3.8) is 0 Å². The van der Waals surface area contributed by atoms with Gasteiger partial charge in [-0.05, 0) is 12.7 Å². The van der Waals surface area contributed by atoms with Crippen LogP contribution in [0, 0.1) is 6.92 Å². The quantitative estimate of drug-likeness (QED) is 0.773. The Bertz CT molecular complexity index is 262. The highest BCUT2D eigenvalue weighted by atomic mass is 32.2. The molecule has 0 aliphatic carbocycles. The van der Waals surface area contributed by atoms with Gasteiger partial charge in [-0.3, -0.25) is 0 Å². The molecule has 0 aliphatic heterocycles. The molecule has 1 aromatic rings.